The van der Waals surface area contributed by atoms with E-state index in [1.165, 1.54) is 18.4 Å². The summed E-state index contributed by atoms with van der Waals surface area (Å²) in [5.41, 5.74) is 1.72. The van der Waals surface area contributed by atoms with Crippen LogP contribution in [0.5, 0.6) is 0 Å². The Hall–Kier alpha value is -1.17. The lowest BCUT2D eigenvalue weighted by Gasteiger charge is -2.12. The van der Waals surface area contributed by atoms with Crippen LogP contribution in [0.25, 0.3) is 0 Å². The SMILES string of the molecule is CS(=O)(=O)c1ccc(C(O)Cc2cccc(Br)c2)cc1. The molecule has 0 aliphatic rings. The molecule has 0 amide bonds. The first-order valence-corrected chi connectivity index (χ1v) is 8.77. The first kappa shape index (κ1) is 15.2. The van der Waals surface area contributed by atoms with Crippen molar-refractivity contribution in [1.29, 1.82) is 0 Å². The van der Waals surface area contributed by atoms with Crippen molar-refractivity contribution in [3.05, 3.63) is 64.1 Å². The zero-order valence-electron chi connectivity index (χ0n) is 11.0. The molecule has 0 spiro atoms. The summed E-state index contributed by atoms with van der Waals surface area (Å²) in [5, 5.41) is 10.2. The molecule has 20 heavy (non-hydrogen) atoms. The van der Waals surface area contributed by atoms with E-state index in [2.05, 4.69) is 15.9 Å². The van der Waals surface area contributed by atoms with Crippen molar-refractivity contribution >= 4 is 25.8 Å². The molecule has 0 saturated heterocycles. The lowest BCUT2D eigenvalue weighted by Crippen LogP contribution is -2.03. The lowest BCUT2D eigenvalue weighted by atomic mass is 10.0. The standard InChI is InChI=1S/C15H15BrO3S/c1-20(18,19)14-7-5-12(6-8-14)15(17)10-11-3-2-4-13(16)9-11/h2-9,15,17H,10H2,1H3. The minimum absolute atomic E-state index is 0.260. The molecule has 1 atom stereocenters. The maximum absolute atomic E-state index is 11.4. The van der Waals surface area contributed by atoms with Gasteiger partial charge < -0.3 is 5.11 Å². The quantitative estimate of drug-likeness (QED) is 0.917. The molecular formula is C15H15BrO3S. The van der Waals surface area contributed by atoms with Crippen LogP contribution in [0, 0.1) is 0 Å². The van der Waals surface area contributed by atoms with Crippen molar-refractivity contribution in [3.63, 3.8) is 0 Å². The highest BCUT2D eigenvalue weighted by molar-refractivity contribution is 9.10. The van der Waals surface area contributed by atoms with Gasteiger partial charge >= 0.3 is 0 Å². The molecule has 1 unspecified atom stereocenters. The fourth-order valence-corrected chi connectivity index (χ4v) is 3.02. The van der Waals surface area contributed by atoms with Crippen LogP contribution in [0.3, 0.4) is 0 Å². The van der Waals surface area contributed by atoms with Crippen molar-refractivity contribution in [2.24, 2.45) is 0 Å². The molecule has 0 saturated carbocycles. The van der Waals surface area contributed by atoms with Gasteiger partial charge in [0.25, 0.3) is 0 Å². The third-order valence-corrected chi connectivity index (χ3v) is 4.63. The molecule has 3 nitrogen and oxygen atoms in total. The summed E-state index contributed by atoms with van der Waals surface area (Å²) in [6.07, 6.45) is 0.996. The average Bonchev–Trinajstić information content (AvgIpc) is 2.38. The number of rotatable bonds is 4. The molecule has 0 heterocycles. The molecule has 2 aromatic rings. The van der Waals surface area contributed by atoms with Gasteiger partial charge in [0.1, 0.15) is 0 Å². The van der Waals surface area contributed by atoms with Crippen LogP contribution in [0.15, 0.2) is 57.9 Å². The van der Waals surface area contributed by atoms with E-state index in [1.54, 1.807) is 12.1 Å². The fraction of sp³-hybridized carbons (Fsp3) is 0.200. The number of hydrogen-bond donors (Lipinski definition) is 1. The topological polar surface area (TPSA) is 54.4 Å². The molecule has 106 valence electrons. The monoisotopic (exact) mass is 354 g/mol. The number of aliphatic hydroxyl groups is 1. The highest BCUT2D eigenvalue weighted by Crippen LogP contribution is 2.22. The van der Waals surface area contributed by atoms with E-state index in [9.17, 15) is 13.5 Å². The minimum atomic E-state index is -3.20. The Labute approximate surface area is 127 Å². The van der Waals surface area contributed by atoms with Gasteiger partial charge in [0.2, 0.25) is 0 Å². The minimum Gasteiger partial charge on any atom is -0.388 e. The predicted octanol–water partition coefficient (Wildman–Crippen LogP) is 3.13. The van der Waals surface area contributed by atoms with E-state index in [0.717, 1.165) is 10.0 Å². The summed E-state index contributed by atoms with van der Waals surface area (Å²) in [5.74, 6) is 0. The van der Waals surface area contributed by atoms with E-state index in [-0.39, 0.29) is 4.90 Å². The molecule has 0 bridgehead atoms. The van der Waals surface area contributed by atoms with Crippen LogP contribution in [0.1, 0.15) is 17.2 Å². The Morgan fingerprint density at radius 1 is 1.15 bits per heavy atom. The molecule has 2 rings (SSSR count). The first-order valence-electron chi connectivity index (χ1n) is 6.09. The number of aliphatic hydroxyl groups excluding tert-OH is 1. The Kier molecular flexibility index (Phi) is 4.62. The molecule has 0 aliphatic heterocycles. The Morgan fingerprint density at radius 3 is 2.35 bits per heavy atom. The Bertz CT molecular complexity index is 693. The van der Waals surface area contributed by atoms with E-state index in [1.807, 2.05) is 24.3 Å². The number of hydrogen-bond acceptors (Lipinski definition) is 3. The Morgan fingerprint density at radius 2 is 1.80 bits per heavy atom. The van der Waals surface area contributed by atoms with Crippen molar-refractivity contribution in [1.82, 2.24) is 0 Å². The van der Waals surface area contributed by atoms with Crippen LogP contribution < -0.4 is 0 Å². The third kappa shape index (κ3) is 3.91. The average molecular weight is 355 g/mol. The van der Waals surface area contributed by atoms with Crippen molar-refractivity contribution in [3.8, 4) is 0 Å². The normalized spacial score (nSPS) is 13.2. The number of halogens is 1. The van der Waals surface area contributed by atoms with Gasteiger partial charge in [-0.1, -0.05) is 40.2 Å². The maximum atomic E-state index is 11.4. The van der Waals surface area contributed by atoms with Gasteiger partial charge in [0.15, 0.2) is 9.84 Å². The number of benzene rings is 2. The van der Waals surface area contributed by atoms with E-state index in [0.29, 0.717) is 12.0 Å². The van der Waals surface area contributed by atoms with Crippen molar-refractivity contribution in [2.45, 2.75) is 17.4 Å². The van der Waals surface area contributed by atoms with Crippen molar-refractivity contribution in [2.75, 3.05) is 6.26 Å². The second-order valence-corrected chi connectivity index (χ2v) is 7.62. The van der Waals surface area contributed by atoms with Crippen LogP contribution >= 0.6 is 15.9 Å². The van der Waals surface area contributed by atoms with Gasteiger partial charge in [0, 0.05) is 17.1 Å². The highest BCUT2D eigenvalue weighted by Gasteiger charge is 2.11. The zero-order valence-corrected chi connectivity index (χ0v) is 13.4. The molecule has 0 fully saturated rings. The van der Waals surface area contributed by atoms with Crippen LogP contribution in [-0.4, -0.2) is 19.8 Å². The summed E-state index contributed by atoms with van der Waals surface area (Å²) in [7, 11) is -3.20. The van der Waals surface area contributed by atoms with E-state index >= 15 is 0 Å². The summed E-state index contributed by atoms with van der Waals surface area (Å²) >= 11 is 3.39. The van der Waals surface area contributed by atoms with Gasteiger partial charge in [-0.15, -0.1) is 0 Å². The molecule has 2 aromatic carbocycles. The maximum Gasteiger partial charge on any atom is 0.175 e. The molecule has 1 N–H and O–H groups in total. The van der Waals surface area contributed by atoms with E-state index in [4.69, 9.17) is 0 Å². The lowest BCUT2D eigenvalue weighted by molar-refractivity contribution is 0.178. The van der Waals surface area contributed by atoms with Gasteiger partial charge in [-0.05, 0) is 35.4 Å². The van der Waals surface area contributed by atoms with Gasteiger partial charge in [-0.25, -0.2) is 8.42 Å². The van der Waals surface area contributed by atoms with Crippen LogP contribution in [0.2, 0.25) is 0 Å². The van der Waals surface area contributed by atoms with E-state index < -0.39 is 15.9 Å². The van der Waals surface area contributed by atoms with Gasteiger partial charge in [-0.3, -0.25) is 0 Å². The second-order valence-electron chi connectivity index (χ2n) is 4.69. The Balaban J connectivity index is 2.15. The van der Waals surface area contributed by atoms with Crippen molar-refractivity contribution < 1.29 is 13.5 Å². The first-order chi connectivity index (χ1) is 9.36. The predicted molar refractivity (Wildman–Crippen MR) is 82.4 cm³/mol. The van der Waals surface area contributed by atoms with Gasteiger partial charge in [-0.2, -0.15) is 0 Å². The molecule has 5 heteroatoms. The zero-order chi connectivity index (χ0) is 14.8. The number of sulfone groups is 1. The summed E-state index contributed by atoms with van der Waals surface area (Å²) in [4.78, 5) is 0.260. The van der Waals surface area contributed by atoms with Crippen LogP contribution in [-0.2, 0) is 16.3 Å². The third-order valence-electron chi connectivity index (χ3n) is 3.01. The molecular weight excluding hydrogens is 340 g/mol. The molecule has 0 aliphatic carbocycles. The van der Waals surface area contributed by atoms with Gasteiger partial charge in [0.05, 0.1) is 11.0 Å². The fourth-order valence-electron chi connectivity index (χ4n) is 1.94. The summed E-state index contributed by atoms with van der Waals surface area (Å²) in [6, 6.07) is 14.1. The summed E-state index contributed by atoms with van der Waals surface area (Å²) in [6.45, 7) is 0. The molecule has 0 radical (unpaired) electrons. The largest absolute Gasteiger partial charge is 0.388 e. The second kappa shape index (κ2) is 6.08. The highest BCUT2D eigenvalue weighted by atomic mass is 79.9. The molecule has 0 aromatic heterocycles. The van der Waals surface area contributed by atoms with Crippen LogP contribution in [0.4, 0.5) is 0 Å². The smallest absolute Gasteiger partial charge is 0.175 e. The summed E-state index contributed by atoms with van der Waals surface area (Å²) < 4.78 is 23.7.